The maximum absolute atomic E-state index is 13.4. The van der Waals surface area contributed by atoms with Crippen LogP contribution in [0, 0.1) is 5.82 Å². The zero-order valence-electron chi connectivity index (χ0n) is 8.79. The molecule has 1 aromatic rings. The predicted octanol–water partition coefficient (Wildman–Crippen LogP) is 2.00. The molecule has 15 heavy (non-hydrogen) atoms. The number of rotatable bonds is 3. The van der Waals surface area contributed by atoms with E-state index in [4.69, 9.17) is 4.74 Å². The number of halogens is 1. The van der Waals surface area contributed by atoms with Gasteiger partial charge in [0.05, 0.1) is 6.61 Å². The van der Waals surface area contributed by atoms with E-state index in [1.165, 1.54) is 6.07 Å². The molecule has 0 bridgehead atoms. The van der Waals surface area contributed by atoms with Crippen LogP contribution in [0.15, 0.2) is 18.2 Å². The molecule has 0 saturated carbocycles. The van der Waals surface area contributed by atoms with Crippen molar-refractivity contribution in [3.05, 3.63) is 35.1 Å². The standard InChI is InChI=1S/C12H15FO2/c1-2-15-8-12(14)7-6-9-10(12)4-3-5-11(9)13/h3-5,14H,2,6-8H2,1H3. The average molecular weight is 210 g/mol. The number of ether oxygens (including phenoxy) is 1. The van der Waals surface area contributed by atoms with Crippen molar-refractivity contribution in [3.8, 4) is 0 Å². The molecular formula is C12H15FO2. The Morgan fingerprint density at radius 1 is 1.53 bits per heavy atom. The summed E-state index contributed by atoms with van der Waals surface area (Å²) in [5.74, 6) is -0.222. The van der Waals surface area contributed by atoms with Gasteiger partial charge in [0.15, 0.2) is 0 Å². The van der Waals surface area contributed by atoms with Crippen LogP contribution in [-0.2, 0) is 16.8 Å². The highest BCUT2D eigenvalue weighted by molar-refractivity contribution is 5.38. The minimum Gasteiger partial charge on any atom is -0.383 e. The fourth-order valence-electron chi connectivity index (χ4n) is 2.14. The monoisotopic (exact) mass is 210 g/mol. The molecule has 82 valence electrons. The van der Waals surface area contributed by atoms with E-state index < -0.39 is 5.60 Å². The van der Waals surface area contributed by atoms with Crippen LogP contribution in [0.4, 0.5) is 4.39 Å². The van der Waals surface area contributed by atoms with Gasteiger partial charge < -0.3 is 9.84 Å². The Morgan fingerprint density at radius 2 is 2.33 bits per heavy atom. The number of aliphatic hydroxyl groups is 1. The molecule has 1 aliphatic rings. The number of hydrogen-bond acceptors (Lipinski definition) is 2. The zero-order valence-corrected chi connectivity index (χ0v) is 8.79. The SMILES string of the molecule is CCOCC1(O)CCc2c(F)cccc21. The Hall–Kier alpha value is -0.930. The Bertz CT molecular complexity index is 365. The topological polar surface area (TPSA) is 29.5 Å². The first-order chi connectivity index (χ1) is 7.17. The summed E-state index contributed by atoms with van der Waals surface area (Å²) in [6.45, 7) is 2.69. The third-order valence-corrected chi connectivity index (χ3v) is 2.95. The van der Waals surface area contributed by atoms with Gasteiger partial charge in [-0.15, -0.1) is 0 Å². The third-order valence-electron chi connectivity index (χ3n) is 2.95. The van der Waals surface area contributed by atoms with Crippen LogP contribution >= 0.6 is 0 Å². The summed E-state index contributed by atoms with van der Waals surface area (Å²) < 4.78 is 18.6. The Balaban J connectivity index is 2.31. The maximum atomic E-state index is 13.4. The molecule has 2 rings (SSSR count). The van der Waals surface area contributed by atoms with Crippen molar-refractivity contribution in [2.24, 2.45) is 0 Å². The molecule has 1 atom stereocenters. The van der Waals surface area contributed by atoms with Crippen molar-refractivity contribution in [3.63, 3.8) is 0 Å². The minimum atomic E-state index is -0.993. The second kappa shape index (κ2) is 3.91. The van der Waals surface area contributed by atoms with Gasteiger partial charge in [0.1, 0.15) is 11.4 Å². The summed E-state index contributed by atoms with van der Waals surface area (Å²) in [5.41, 5.74) is 0.337. The second-order valence-corrected chi connectivity index (χ2v) is 3.93. The molecule has 1 aromatic carbocycles. The lowest BCUT2D eigenvalue weighted by molar-refractivity contribution is -0.0465. The van der Waals surface area contributed by atoms with E-state index in [-0.39, 0.29) is 12.4 Å². The van der Waals surface area contributed by atoms with E-state index in [0.29, 0.717) is 30.6 Å². The number of benzene rings is 1. The Kier molecular flexibility index (Phi) is 2.76. The van der Waals surface area contributed by atoms with E-state index in [0.717, 1.165) is 0 Å². The van der Waals surface area contributed by atoms with Crippen LogP contribution in [0.3, 0.4) is 0 Å². The molecule has 0 fully saturated rings. The largest absolute Gasteiger partial charge is 0.383 e. The van der Waals surface area contributed by atoms with Crippen LogP contribution in [0.25, 0.3) is 0 Å². The molecule has 1 aliphatic carbocycles. The highest BCUT2D eigenvalue weighted by Gasteiger charge is 2.38. The van der Waals surface area contributed by atoms with Gasteiger partial charge in [0.25, 0.3) is 0 Å². The van der Waals surface area contributed by atoms with Gasteiger partial charge in [-0.05, 0) is 37.0 Å². The molecule has 0 radical (unpaired) electrons. The average Bonchev–Trinajstić information content (AvgIpc) is 2.56. The molecule has 2 nitrogen and oxygen atoms in total. The number of fused-ring (bicyclic) bond motifs is 1. The summed E-state index contributed by atoms with van der Waals surface area (Å²) >= 11 is 0. The van der Waals surface area contributed by atoms with Crippen LogP contribution in [0.5, 0.6) is 0 Å². The molecule has 0 heterocycles. The third kappa shape index (κ3) is 1.77. The molecule has 3 heteroatoms. The molecule has 1 N–H and O–H groups in total. The van der Waals surface area contributed by atoms with E-state index in [9.17, 15) is 9.50 Å². The highest BCUT2D eigenvalue weighted by Crippen LogP contribution is 2.38. The zero-order chi connectivity index (χ0) is 10.9. The summed E-state index contributed by atoms with van der Waals surface area (Å²) in [6, 6.07) is 4.85. The van der Waals surface area contributed by atoms with E-state index in [2.05, 4.69) is 0 Å². The van der Waals surface area contributed by atoms with Crippen LogP contribution in [0.1, 0.15) is 24.5 Å². The molecule has 0 aliphatic heterocycles. The molecule has 0 spiro atoms. The molecule has 0 aromatic heterocycles. The smallest absolute Gasteiger partial charge is 0.126 e. The first-order valence-corrected chi connectivity index (χ1v) is 5.25. The fraction of sp³-hybridized carbons (Fsp3) is 0.500. The lowest BCUT2D eigenvalue weighted by atomic mass is 9.97. The summed E-state index contributed by atoms with van der Waals surface area (Å²) in [7, 11) is 0. The van der Waals surface area contributed by atoms with Gasteiger partial charge >= 0.3 is 0 Å². The van der Waals surface area contributed by atoms with Crippen molar-refractivity contribution in [2.45, 2.75) is 25.4 Å². The summed E-state index contributed by atoms with van der Waals surface area (Å²) in [4.78, 5) is 0. The molecular weight excluding hydrogens is 195 g/mol. The maximum Gasteiger partial charge on any atom is 0.126 e. The van der Waals surface area contributed by atoms with Gasteiger partial charge in [0.2, 0.25) is 0 Å². The van der Waals surface area contributed by atoms with Gasteiger partial charge in [0, 0.05) is 6.61 Å². The van der Waals surface area contributed by atoms with Crippen molar-refractivity contribution < 1.29 is 14.2 Å². The van der Waals surface area contributed by atoms with Gasteiger partial charge in [-0.25, -0.2) is 4.39 Å². The van der Waals surface area contributed by atoms with E-state index in [1.54, 1.807) is 12.1 Å². The van der Waals surface area contributed by atoms with E-state index in [1.807, 2.05) is 6.92 Å². The first kappa shape index (κ1) is 10.6. The Labute approximate surface area is 88.7 Å². The summed E-state index contributed by atoms with van der Waals surface area (Å²) in [5, 5.41) is 10.3. The molecule has 0 saturated heterocycles. The van der Waals surface area contributed by atoms with Crippen LogP contribution < -0.4 is 0 Å². The first-order valence-electron chi connectivity index (χ1n) is 5.25. The number of hydrogen-bond donors (Lipinski definition) is 1. The quantitative estimate of drug-likeness (QED) is 0.826. The lowest BCUT2D eigenvalue weighted by Crippen LogP contribution is -2.28. The highest BCUT2D eigenvalue weighted by atomic mass is 19.1. The van der Waals surface area contributed by atoms with Crippen molar-refractivity contribution in [1.29, 1.82) is 0 Å². The normalized spacial score (nSPS) is 24.2. The van der Waals surface area contributed by atoms with Gasteiger partial charge in [-0.3, -0.25) is 0 Å². The van der Waals surface area contributed by atoms with Gasteiger partial charge in [-0.2, -0.15) is 0 Å². The minimum absolute atomic E-state index is 0.222. The van der Waals surface area contributed by atoms with Crippen LogP contribution in [-0.4, -0.2) is 18.3 Å². The molecule has 1 unspecified atom stereocenters. The second-order valence-electron chi connectivity index (χ2n) is 3.93. The summed E-state index contributed by atoms with van der Waals surface area (Å²) in [6.07, 6.45) is 1.13. The van der Waals surface area contributed by atoms with Crippen molar-refractivity contribution >= 4 is 0 Å². The Morgan fingerprint density at radius 3 is 3.07 bits per heavy atom. The molecule has 0 amide bonds. The van der Waals surface area contributed by atoms with Crippen molar-refractivity contribution in [1.82, 2.24) is 0 Å². The van der Waals surface area contributed by atoms with Crippen molar-refractivity contribution in [2.75, 3.05) is 13.2 Å². The van der Waals surface area contributed by atoms with E-state index >= 15 is 0 Å². The fourth-order valence-corrected chi connectivity index (χ4v) is 2.14. The van der Waals surface area contributed by atoms with Gasteiger partial charge in [-0.1, -0.05) is 12.1 Å². The predicted molar refractivity (Wildman–Crippen MR) is 55.1 cm³/mol. The van der Waals surface area contributed by atoms with Crippen LogP contribution in [0.2, 0.25) is 0 Å². The lowest BCUT2D eigenvalue weighted by Gasteiger charge is -2.23.